The van der Waals surface area contributed by atoms with E-state index < -0.39 is 10.0 Å². The van der Waals surface area contributed by atoms with E-state index in [1.165, 1.54) is 6.42 Å². The third kappa shape index (κ3) is 5.07. The quantitative estimate of drug-likeness (QED) is 0.674. The van der Waals surface area contributed by atoms with Gasteiger partial charge < -0.3 is 0 Å². The van der Waals surface area contributed by atoms with Gasteiger partial charge in [0.15, 0.2) is 0 Å². The first-order chi connectivity index (χ1) is 12.4. The van der Waals surface area contributed by atoms with Crippen molar-refractivity contribution in [2.45, 2.75) is 43.0 Å². The van der Waals surface area contributed by atoms with Crippen molar-refractivity contribution in [2.75, 3.05) is 0 Å². The van der Waals surface area contributed by atoms with Crippen LogP contribution >= 0.6 is 23.2 Å². The van der Waals surface area contributed by atoms with Crippen LogP contribution in [-0.2, 0) is 10.0 Å². The van der Waals surface area contributed by atoms with Crippen LogP contribution in [-0.4, -0.2) is 20.7 Å². The predicted molar refractivity (Wildman–Crippen MR) is 107 cm³/mol. The molecule has 1 aliphatic rings. The highest BCUT2D eigenvalue weighted by molar-refractivity contribution is 7.89. The fourth-order valence-corrected chi connectivity index (χ4v) is 4.73. The summed E-state index contributed by atoms with van der Waals surface area (Å²) in [6.07, 6.45) is 6.78. The Hall–Kier alpha value is -1.40. The fourth-order valence-electron chi connectivity index (χ4n) is 2.97. The second-order valence-corrected chi connectivity index (χ2v) is 8.93. The molecule has 1 aliphatic carbocycles. The fraction of sp³-hybridized carbons (Fsp3) is 0.316. The lowest BCUT2D eigenvalue weighted by Gasteiger charge is -2.22. The first-order valence-corrected chi connectivity index (χ1v) is 10.8. The molecule has 1 saturated carbocycles. The van der Waals surface area contributed by atoms with Crippen LogP contribution < -0.4 is 4.72 Å². The molecule has 4 nitrogen and oxygen atoms in total. The Kier molecular flexibility index (Phi) is 6.35. The van der Waals surface area contributed by atoms with Gasteiger partial charge in [-0.25, -0.2) is 13.1 Å². The Bertz CT molecular complexity index is 890. The largest absolute Gasteiger partial charge is 0.256 e. The van der Waals surface area contributed by atoms with E-state index in [0.717, 1.165) is 31.2 Å². The van der Waals surface area contributed by atoms with E-state index in [-0.39, 0.29) is 10.9 Å². The summed E-state index contributed by atoms with van der Waals surface area (Å²) < 4.78 is 27.8. The van der Waals surface area contributed by atoms with Crippen molar-refractivity contribution in [1.82, 2.24) is 4.72 Å². The second-order valence-electron chi connectivity index (χ2n) is 6.37. The van der Waals surface area contributed by atoms with Gasteiger partial charge in [-0.05, 0) is 49.2 Å². The number of nitrogens with one attached hydrogen (secondary N) is 1. The van der Waals surface area contributed by atoms with E-state index in [1.807, 2.05) is 0 Å². The average molecular weight is 411 g/mol. The number of hydrogen-bond donors (Lipinski definition) is 1. The normalized spacial score (nSPS) is 16.2. The molecule has 0 aromatic heterocycles. The van der Waals surface area contributed by atoms with Gasteiger partial charge in [0.25, 0.3) is 0 Å². The standard InChI is InChI=1S/C19H20Cl2N2O2S/c20-15-7-6-14(19(21)12-15)13-22-16-8-10-18(11-9-16)26(24,25)23-17-4-2-1-3-5-17/h6-13,17,23H,1-5H2. The van der Waals surface area contributed by atoms with Crippen molar-refractivity contribution in [1.29, 1.82) is 0 Å². The molecular formula is C19H20Cl2N2O2S. The van der Waals surface area contributed by atoms with Crippen molar-refractivity contribution < 1.29 is 8.42 Å². The minimum absolute atomic E-state index is 0.0403. The summed E-state index contributed by atoms with van der Waals surface area (Å²) in [4.78, 5) is 4.59. The lowest BCUT2D eigenvalue weighted by molar-refractivity contribution is 0.412. The maximum atomic E-state index is 12.5. The van der Waals surface area contributed by atoms with Gasteiger partial charge in [-0.1, -0.05) is 48.5 Å². The van der Waals surface area contributed by atoms with E-state index in [9.17, 15) is 8.42 Å². The minimum Gasteiger partial charge on any atom is -0.256 e. The summed E-state index contributed by atoms with van der Waals surface area (Å²) in [5.74, 6) is 0. The first kappa shape index (κ1) is 19.4. The summed E-state index contributed by atoms with van der Waals surface area (Å²) >= 11 is 12.0. The third-order valence-electron chi connectivity index (χ3n) is 4.39. The zero-order valence-corrected chi connectivity index (χ0v) is 16.5. The Morgan fingerprint density at radius 1 is 1.00 bits per heavy atom. The van der Waals surface area contributed by atoms with Gasteiger partial charge >= 0.3 is 0 Å². The van der Waals surface area contributed by atoms with E-state index >= 15 is 0 Å². The maximum absolute atomic E-state index is 12.5. The lowest BCUT2D eigenvalue weighted by atomic mass is 9.96. The van der Waals surface area contributed by atoms with Crippen molar-refractivity contribution in [2.24, 2.45) is 4.99 Å². The lowest BCUT2D eigenvalue weighted by Crippen LogP contribution is -2.36. The van der Waals surface area contributed by atoms with Crippen molar-refractivity contribution in [3.63, 3.8) is 0 Å². The number of nitrogens with zero attached hydrogens (tertiary/aromatic N) is 1. The summed E-state index contributed by atoms with van der Waals surface area (Å²) in [6, 6.07) is 11.7. The Morgan fingerprint density at radius 3 is 2.35 bits per heavy atom. The molecule has 3 rings (SSSR count). The molecule has 1 fully saturated rings. The number of hydrogen-bond acceptors (Lipinski definition) is 3. The van der Waals surface area contributed by atoms with Crippen LogP contribution in [0.1, 0.15) is 37.7 Å². The Morgan fingerprint density at radius 2 is 1.69 bits per heavy atom. The summed E-state index contributed by atoms with van der Waals surface area (Å²) in [7, 11) is -3.49. The molecule has 0 amide bonds. The molecule has 1 N–H and O–H groups in total. The van der Waals surface area contributed by atoms with Crippen molar-refractivity contribution in [3.8, 4) is 0 Å². The van der Waals surface area contributed by atoms with E-state index in [1.54, 1.807) is 48.7 Å². The molecule has 0 saturated heterocycles. The monoisotopic (exact) mass is 410 g/mol. The molecule has 0 bridgehead atoms. The molecule has 2 aromatic carbocycles. The van der Waals surface area contributed by atoms with Gasteiger partial charge in [-0.15, -0.1) is 0 Å². The molecule has 0 heterocycles. The number of rotatable bonds is 5. The highest BCUT2D eigenvalue weighted by Crippen LogP contribution is 2.23. The van der Waals surface area contributed by atoms with Gasteiger partial charge in [0.1, 0.15) is 0 Å². The molecule has 0 spiro atoms. The summed E-state index contributed by atoms with van der Waals surface area (Å²) in [5, 5.41) is 1.07. The molecule has 0 atom stereocenters. The number of benzene rings is 2. The summed E-state index contributed by atoms with van der Waals surface area (Å²) in [6.45, 7) is 0. The molecule has 0 aliphatic heterocycles. The molecule has 2 aromatic rings. The maximum Gasteiger partial charge on any atom is 0.240 e. The Labute approximate surface area is 164 Å². The molecular weight excluding hydrogens is 391 g/mol. The van der Waals surface area contributed by atoms with E-state index in [0.29, 0.717) is 15.7 Å². The summed E-state index contributed by atoms with van der Waals surface area (Å²) in [5.41, 5.74) is 1.39. The van der Waals surface area contributed by atoms with Crippen LogP contribution in [0.5, 0.6) is 0 Å². The first-order valence-electron chi connectivity index (χ1n) is 8.55. The van der Waals surface area contributed by atoms with Crippen LogP contribution in [0.15, 0.2) is 52.4 Å². The second kappa shape index (κ2) is 8.53. The van der Waals surface area contributed by atoms with Gasteiger partial charge in [0.05, 0.1) is 15.6 Å². The average Bonchev–Trinajstić information content (AvgIpc) is 2.62. The molecule has 26 heavy (non-hydrogen) atoms. The van der Waals surface area contributed by atoms with Crippen LogP contribution in [0.3, 0.4) is 0 Å². The predicted octanol–water partition coefficient (Wildman–Crippen LogP) is 5.36. The van der Waals surface area contributed by atoms with Gasteiger partial charge in [0.2, 0.25) is 10.0 Å². The molecule has 0 radical (unpaired) electrons. The van der Waals surface area contributed by atoms with Gasteiger partial charge in [-0.3, -0.25) is 4.99 Å². The molecule has 7 heteroatoms. The van der Waals surface area contributed by atoms with Crippen LogP contribution in [0.2, 0.25) is 10.0 Å². The Balaban J connectivity index is 1.70. The topological polar surface area (TPSA) is 58.5 Å². The van der Waals surface area contributed by atoms with Crippen LogP contribution in [0.25, 0.3) is 0 Å². The van der Waals surface area contributed by atoms with Crippen molar-refractivity contribution in [3.05, 3.63) is 58.1 Å². The van der Waals surface area contributed by atoms with Gasteiger partial charge in [-0.2, -0.15) is 0 Å². The zero-order chi connectivity index (χ0) is 18.6. The van der Waals surface area contributed by atoms with E-state index in [4.69, 9.17) is 23.2 Å². The zero-order valence-electron chi connectivity index (χ0n) is 14.2. The minimum atomic E-state index is -3.49. The third-order valence-corrected chi connectivity index (χ3v) is 6.49. The van der Waals surface area contributed by atoms with E-state index in [2.05, 4.69) is 9.71 Å². The molecule has 0 unspecified atom stereocenters. The van der Waals surface area contributed by atoms with Crippen molar-refractivity contribution >= 4 is 45.1 Å². The smallest absolute Gasteiger partial charge is 0.240 e. The number of aliphatic imine (C=N–C) groups is 1. The van der Waals surface area contributed by atoms with Crippen LogP contribution in [0, 0.1) is 0 Å². The van der Waals surface area contributed by atoms with Crippen LogP contribution in [0.4, 0.5) is 5.69 Å². The highest BCUT2D eigenvalue weighted by Gasteiger charge is 2.21. The van der Waals surface area contributed by atoms with Gasteiger partial charge in [0, 0.05) is 22.8 Å². The molecule has 138 valence electrons. The number of halogens is 2. The number of sulfonamides is 1. The SMILES string of the molecule is O=S(=O)(NC1CCCCC1)c1ccc(N=Cc2ccc(Cl)cc2Cl)cc1. The highest BCUT2D eigenvalue weighted by atomic mass is 35.5.